The van der Waals surface area contributed by atoms with Crippen molar-refractivity contribution < 1.29 is 53.4 Å². The first-order valence-electron chi connectivity index (χ1n) is 12.8. The van der Waals surface area contributed by atoms with Crippen molar-refractivity contribution >= 4 is 11.3 Å². The Labute approximate surface area is 242 Å². The first-order chi connectivity index (χ1) is 19.5. The third-order valence-corrected chi connectivity index (χ3v) is 7.92. The Bertz CT molecular complexity index is 1450. The molecule has 0 saturated carbocycles. The van der Waals surface area contributed by atoms with Gasteiger partial charge in [-0.15, -0.1) is 21.5 Å². The van der Waals surface area contributed by atoms with Crippen LogP contribution >= 0.6 is 11.3 Å². The predicted molar refractivity (Wildman–Crippen MR) is 134 cm³/mol. The molecule has 3 aromatic rings. The van der Waals surface area contributed by atoms with E-state index in [2.05, 4.69) is 15.2 Å². The van der Waals surface area contributed by atoms with Gasteiger partial charge in [-0.3, -0.25) is 4.90 Å². The van der Waals surface area contributed by atoms with Crippen LogP contribution in [0.5, 0.6) is 0 Å². The van der Waals surface area contributed by atoms with E-state index in [9.17, 15) is 49.0 Å². The zero-order chi connectivity index (χ0) is 32.3. The van der Waals surface area contributed by atoms with E-state index in [0.717, 1.165) is 0 Å². The number of likely N-dealkylation sites (tertiary alicyclic amines) is 1. The lowest BCUT2D eigenvalue weighted by atomic mass is 9.89. The van der Waals surface area contributed by atoms with Gasteiger partial charge in [-0.05, 0) is 18.4 Å². The van der Waals surface area contributed by atoms with Crippen LogP contribution in [0.2, 0.25) is 0 Å². The number of aliphatic hydroxyl groups is 1. The van der Waals surface area contributed by atoms with Gasteiger partial charge in [0, 0.05) is 42.1 Å². The fourth-order valence-corrected chi connectivity index (χ4v) is 5.81. The molecule has 1 aromatic carbocycles. The molecule has 6 nitrogen and oxygen atoms in total. The lowest BCUT2D eigenvalue weighted by Gasteiger charge is -2.33. The van der Waals surface area contributed by atoms with Crippen LogP contribution in [0.25, 0.3) is 21.3 Å². The summed E-state index contributed by atoms with van der Waals surface area (Å²) in [5.74, 6) is -2.98. The van der Waals surface area contributed by atoms with Crippen LogP contribution in [-0.2, 0) is 18.6 Å². The minimum Gasteiger partial charge on any atom is -0.419 e. The highest BCUT2D eigenvalue weighted by Crippen LogP contribution is 2.51. The fraction of sp³-hybridized carbons (Fsp3) is 0.577. The Morgan fingerprint density at radius 1 is 1.07 bits per heavy atom. The third kappa shape index (κ3) is 6.67. The first-order valence-corrected chi connectivity index (χ1v) is 13.6. The van der Waals surface area contributed by atoms with Crippen molar-refractivity contribution in [1.82, 2.24) is 20.1 Å². The molecule has 0 amide bonds. The maximum atomic E-state index is 14.3. The van der Waals surface area contributed by atoms with Gasteiger partial charge in [0.2, 0.25) is 5.89 Å². The van der Waals surface area contributed by atoms with E-state index in [1.807, 2.05) is 20.8 Å². The van der Waals surface area contributed by atoms with Crippen molar-refractivity contribution in [2.24, 2.45) is 5.41 Å². The molecule has 1 aliphatic rings. The number of hydrogen-bond donors (Lipinski definition) is 1. The lowest BCUT2D eigenvalue weighted by molar-refractivity contribution is -0.376. The summed E-state index contributed by atoms with van der Waals surface area (Å²) in [6.45, 7) is 6.21. The van der Waals surface area contributed by atoms with E-state index in [4.69, 9.17) is 4.42 Å². The molecule has 0 radical (unpaired) electrons. The van der Waals surface area contributed by atoms with Crippen LogP contribution in [0.1, 0.15) is 63.3 Å². The maximum Gasteiger partial charge on any atom is 0.430 e. The van der Waals surface area contributed by atoms with Crippen molar-refractivity contribution in [2.45, 2.75) is 83.4 Å². The second-order valence-electron chi connectivity index (χ2n) is 11.7. The quantitative estimate of drug-likeness (QED) is 0.263. The minimum atomic E-state index is -6.30. The summed E-state index contributed by atoms with van der Waals surface area (Å²) in [5.41, 5.74) is -9.39. The molecule has 0 bridgehead atoms. The molecule has 1 atom stereocenters. The highest BCUT2D eigenvalue weighted by atomic mass is 32.1. The average Bonchev–Trinajstić information content (AvgIpc) is 3.52. The van der Waals surface area contributed by atoms with Crippen LogP contribution in [0.3, 0.4) is 0 Å². The van der Waals surface area contributed by atoms with Crippen molar-refractivity contribution in [3.63, 3.8) is 0 Å². The van der Waals surface area contributed by atoms with Crippen LogP contribution < -0.4 is 0 Å². The van der Waals surface area contributed by atoms with E-state index < -0.39 is 66.0 Å². The smallest absolute Gasteiger partial charge is 0.419 e. The van der Waals surface area contributed by atoms with Crippen molar-refractivity contribution in [3.8, 4) is 21.3 Å². The summed E-state index contributed by atoms with van der Waals surface area (Å²) in [6, 6.07) is 0.0955. The Morgan fingerprint density at radius 2 is 1.70 bits per heavy atom. The molecule has 1 fully saturated rings. The number of benzene rings is 1. The predicted octanol–water partition coefficient (Wildman–Crippen LogP) is 7.93. The molecule has 4 rings (SSSR count). The maximum absolute atomic E-state index is 14.3. The van der Waals surface area contributed by atoms with E-state index in [1.165, 1.54) is 11.8 Å². The highest BCUT2D eigenvalue weighted by molar-refractivity contribution is 7.18. The second-order valence-corrected chi connectivity index (χ2v) is 12.7. The molecule has 0 aliphatic carbocycles. The number of alkyl halides is 10. The number of halogens is 10. The summed E-state index contributed by atoms with van der Waals surface area (Å²) < 4.78 is 143. The molecular formula is C26H26F10N4O2S. The Morgan fingerprint density at radius 3 is 2.21 bits per heavy atom. The van der Waals surface area contributed by atoms with Crippen LogP contribution in [0, 0.1) is 5.41 Å². The van der Waals surface area contributed by atoms with Crippen LogP contribution in [0.4, 0.5) is 43.9 Å². The van der Waals surface area contributed by atoms with Gasteiger partial charge in [-0.25, -0.2) is 22.5 Å². The van der Waals surface area contributed by atoms with Gasteiger partial charge in [0.15, 0.2) is 5.01 Å². The molecule has 0 spiro atoms. The van der Waals surface area contributed by atoms with Crippen LogP contribution in [0.15, 0.2) is 22.6 Å². The molecule has 1 saturated heterocycles. The number of aromatic nitrogens is 3. The van der Waals surface area contributed by atoms with Gasteiger partial charge in [0.25, 0.3) is 23.8 Å². The van der Waals surface area contributed by atoms with Gasteiger partial charge in [0.05, 0.1) is 17.1 Å². The van der Waals surface area contributed by atoms with Gasteiger partial charge >= 0.3 is 12.4 Å². The van der Waals surface area contributed by atoms with Crippen molar-refractivity contribution in [1.29, 1.82) is 0 Å². The van der Waals surface area contributed by atoms with E-state index >= 15 is 0 Å². The number of thiazole rings is 1. The molecule has 1 N–H and O–H groups in total. The Hall–Kier alpha value is -2.79. The van der Waals surface area contributed by atoms with Crippen molar-refractivity contribution in [3.05, 3.63) is 40.9 Å². The monoisotopic (exact) mass is 648 g/mol. The average molecular weight is 649 g/mol. The topological polar surface area (TPSA) is 75.3 Å². The standard InChI is InChI=1S/C26H26F10N4O2S/c1-12-8-23(29,30)11-40(12)10-16-18(43-21(37-16)20-39-38-17(42-20)9-22(2,3)4)14-6-5-13(7-15(14)19(27)28)24(41,25(31,32)33)26(34,35)36/h5-7,12,19,41H,8-11H2,1-4H3/t12-/m0/s1. The van der Waals surface area contributed by atoms with Crippen LogP contribution in [-0.4, -0.2) is 56.0 Å². The molecule has 1 aliphatic heterocycles. The molecule has 43 heavy (non-hydrogen) atoms. The largest absolute Gasteiger partial charge is 0.430 e. The third-order valence-electron chi connectivity index (χ3n) is 6.80. The number of hydrogen-bond acceptors (Lipinski definition) is 7. The molecule has 2 aromatic heterocycles. The first kappa shape index (κ1) is 33.1. The molecule has 0 unspecified atom stereocenters. The van der Waals surface area contributed by atoms with E-state index in [-0.39, 0.29) is 51.5 Å². The molecular weight excluding hydrogens is 622 g/mol. The summed E-state index contributed by atoms with van der Waals surface area (Å²) in [5, 5.41) is 17.6. The molecule has 3 heterocycles. The normalized spacial score (nSPS) is 18.7. The van der Waals surface area contributed by atoms with Gasteiger partial charge in [-0.1, -0.05) is 32.9 Å². The fourth-order valence-electron chi connectivity index (χ4n) is 4.77. The number of nitrogens with zero attached hydrogens (tertiary/aromatic N) is 4. The van der Waals surface area contributed by atoms with Gasteiger partial charge < -0.3 is 9.52 Å². The Kier molecular flexibility index (Phi) is 8.45. The van der Waals surface area contributed by atoms with Crippen molar-refractivity contribution in [2.75, 3.05) is 6.54 Å². The lowest BCUT2D eigenvalue weighted by Crippen LogP contribution is -2.54. The molecule has 238 valence electrons. The zero-order valence-electron chi connectivity index (χ0n) is 23.0. The summed E-state index contributed by atoms with van der Waals surface area (Å²) in [7, 11) is 0. The van der Waals surface area contributed by atoms with E-state index in [1.54, 1.807) is 0 Å². The summed E-state index contributed by atoms with van der Waals surface area (Å²) in [4.78, 5) is 5.53. The minimum absolute atomic E-state index is 0.0253. The number of rotatable bonds is 7. The second kappa shape index (κ2) is 11.0. The van der Waals surface area contributed by atoms with E-state index in [0.29, 0.717) is 23.8 Å². The molecule has 17 heteroatoms. The Balaban J connectivity index is 1.87. The summed E-state index contributed by atoms with van der Waals surface area (Å²) >= 11 is 0.676. The summed E-state index contributed by atoms with van der Waals surface area (Å²) in [6.07, 6.45) is -16.3. The van der Waals surface area contributed by atoms with Gasteiger partial charge in [-0.2, -0.15) is 26.3 Å². The zero-order valence-corrected chi connectivity index (χ0v) is 23.9. The van der Waals surface area contributed by atoms with Gasteiger partial charge in [0.1, 0.15) is 0 Å². The highest BCUT2D eigenvalue weighted by Gasteiger charge is 2.71. The SMILES string of the molecule is C[C@H]1CC(F)(F)CN1Cc1nc(-c2nnc(CC(C)(C)C)o2)sc1-c1ccc(C(O)(C(F)(F)F)C(F)(F)F)cc1C(F)F.